The molecule has 7 nitrogen and oxygen atoms in total. The van der Waals surface area contributed by atoms with E-state index in [9.17, 15) is 9.59 Å². The molecule has 3 N–H and O–H groups in total. The lowest BCUT2D eigenvalue weighted by Crippen LogP contribution is -2.51. The van der Waals surface area contributed by atoms with E-state index in [1.54, 1.807) is 17.2 Å². The molecule has 1 aliphatic rings. The third-order valence-corrected chi connectivity index (χ3v) is 3.83. The average Bonchev–Trinajstić information content (AvgIpc) is 2.52. The number of carbonyl (C=O) groups is 2. The van der Waals surface area contributed by atoms with Gasteiger partial charge in [0.15, 0.2) is 0 Å². The number of nitrogens with one attached hydrogen (secondary N) is 1. The Kier molecular flexibility index (Phi) is 5.82. The van der Waals surface area contributed by atoms with E-state index >= 15 is 0 Å². The smallest absolute Gasteiger partial charge is 0.242 e. The summed E-state index contributed by atoms with van der Waals surface area (Å²) in [5, 5.41) is 3.44. The minimum absolute atomic E-state index is 0.0318. The van der Waals surface area contributed by atoms with Crippen LogP contribution in [-0.2, 0) is 9.59 Å². The van der Waals surface area contributed by atoms with E-state index in [0.29, 0.717) is 42.0 Å². The quantitative estimate of drug-likeness (QED) is 0.808. The Balaban J connectivity index is 1.87. The van der Waals surface area contributed by atoms with Gasteiger partial charge in [0, 0.05) is 32.4 Å². The highest BCUT2D eigenvalue weighted by Gasteiger charge is 2.23. The first kappa shape index (κ1) is 16.8. The zero-order valence-corrected chi connectivity index (χ0v) is 13.4. The summed E-state index contributed by atoms with van der Waals surface area (Å²) in [5.41, 5.74) is 5.17. The van der Waals surface area contributed by atoms with Crippen LogP contribution < -0.4 is 16.0 Å². The maximum absolute atomic E-state index is 12.0. The Hall–Kier alpha value is -1.57. The molecule has 0 atom stereocenters. The van der Waals surface area contributed by atoms with Crippen molar-refractivity contribution in [3.63, 3.8) is 0 Å². The number of hydrogen-bond acceptors (Lipinski definition) is 5. The summed E-state index contributed by atoms with van der Waals surface area (Å²) in [6.45, 7) is 2.16. The van der Waals surface area contributed by atoms with Gasteiger partial charge in [0.25, 0.3) is 0 Å². The molecule has 0 bridgehead atoms. The minimum Gasteiger partial charge on any atom is -0.352 e. The number of halogens is 2. The number of anilines is 1. The fourth-order valence-electron chi connectivity index (χ4n) is 2.17. The van der Waals surface area contributed by atoms with E-state index in [1.807, 2.05) is 4.90 Å². The van der Waals surface area contributed by atoms with Crippen LogP contribution >= 0.6 is 23.2 Å². The second kappa shape index (κ2) is 7.62. The SMILES string of the molecule is NCC(=O)NCC(=O)N1CCN(c2ncc(Cl)cc2Cl)CC1. The van der Waals surface area contributed by atoms with Gasteiger partial charge in [-0.3, -0.25) is 9.59 Å². The molecule has 0 aromatic carbocycles. The molecular weight excluding hydrogens is 329 g/mol. The number of nitrogens with two attached hydrogens (primary N) is 1. The molecule has 0 unspecified atom stereocenters. The highest BCUT2D eigenvalue weighted by molar-refractivity contribution is 6.36. The molecule has 22 heavy (non-hydrogen) atoms. The van der Waals surface area contributed by atoms with Gasteiger partial charge in [0.2, 0.25) is 11.8 Å². The Morgan fingerprint density at radius 3 is 2.55 bits per heavy atom. The Morgan fingerprint density at radius 1 is 1.27 bits per heavy atom. The molecule has 0 saturated carbocycles. The average molecular weight is 346 g/mol. The number of piperazine rings is 1. The summed E-state index contributed by atoms with van der Waals surface area (Å²) >= 11 is 12.0. The van der Waals surface area contributed by atoms with Gasteiger partial charge in [-0.1, -0.05) is 23.2 Å². The Morgan fingerprint density at radius 2 is 1.95 bits per heavy atom. The third kappa shape index (κ3) is 4.22. The molecule has 1 aliphatic heterocycles. The predicted molar refractivity (Wildman–Crippen MR) is 85.1 cm³/mol. The lowest BCUT2D eigenvalue weighted by atomic mass is 10.3. The largest absolute Gasteiger partial charge is 0.352 e. The summed E-state index contributed by atoms with van der Waals surface area (Å²) in [5.74, 6) is 0.190. The van der Waals surface area contributed by atoms with Crippen LogP contribution in [0.5, 0.6) is 0 Å². The number of carbonyl (C=O) groups excluding carboxylic acids is 2. The summed E-state index contributed by atoms with van der Waals surface area (Å²) in [6, 6.07) is 1.64. The molecule has 120 valence electrons. The minimum atomic E-state index is -0.343. The second-order valence-electron chi connectivity index (χ2n) is 4.81. The van der Waals surface area contributed by atoms with Gasteiger partial charge in [0.1, 0.15) is 5.82 Å². The number of hydrogen-bond donors (Lipinski definition) is 2. The van der Waals surface area contributed by atoms with E-state index in [4.69, 9.17) is 28.9 Å². The fourth-order valence-corrected chi connectivity index (χ4v) is 2.67. The van der Waals surface area contributed by atoms with Crippen molar-refractivity contribution in [3.8, 4) is 0 Å². The molecule has 1 aromatic heterocycles. The zero-order chi connectivity index (χ0) is 16.1. The normalized spacial score (nSPS) is 14.9. The van der Waals surface area contributed by atoms with Gasteiger partial charge in [-0.05, 0) is 6.07 Å². The van der Waals surface area contributed by atoms with Crippen molar-refractivity contribution in [1.29, 1.82) is 0 Å². The van der Waals surface area contributed by atoms with Crippen molar-refractivity contribution in [2.45, 2.75) is 0 Å². The molecular formula is C13H17Cl2N5O2. The first-order valence-electron chi connectivity index (χ1n) is 6.82. The van der Waals surface area contributed by atoms with E-state index in [-0.39, 0.29) is 24.9 Å². The monoisotopic (exact) mass is 345 g/mol. The van der Waals surface area contributed by atoms with Crippen molar-refractivity contribution in [2.75, 3.05) is 44.2 Å². The van der Waals surface area contributed by atoms with Crippen molar-refractivity contribution in [2.24, 2.45) is 5.73 Å². The number of pyridine rings is 1. The molecule has 0 spiro atoms. The van der Waals surface area contributed by atoms with Crippen molar-refractivity contribution >= 4 is 40.8 Å². The third-order valence-electron chi connectivity index (χ3n) is 3.34. The second-order valence-corrected chi connectivity index (χ2v) is 5.65. The van der Waals surface area contributed by atoms with Gasteiger partial charge in [0.05, 0.1) is 23.1 Å². The van der Waals surface area contributed by atoms with Crippen LogP contribution in [0, 0.1) is 0 Å². The maximum atomic E-state index is 12.0. The molecule has 0 aliphatic carbocycles. The summed E-state index contributed by atoms with van der Waals surface area (Å²) in [6.07, 6.45) is 1.54. The topological polar surface area (TPSA) is 91.6 Å². The molecule has 1 fully saturated rings. The van der Waals surface area contributed by atoms with Gasteiger partial charge in [-0.2, -0.15) is 0 Å². The highest BCUT2D eigenvalue weighted by Crippen LogP contribution is 2.26. The number of aromatic nitrogens is 1. The van der Waals surface area contributed by atoms with Crippen LogP contribution in [-0.4, -0.2) is 61.0 Å². The van der Waals surface area contributed by atoms with Crippen molar-refractivity contribution < 1.29 is 9.59 Å². The zero-order valence-electron chi connectivity index (χ0n) is 11.9. The van der Waals surface area contributed by atoms with Crippen LogP contribution in [0.15, 0.2) is 12.3 Å². The lowest BCUT2D eigenvalue weighted by molar-refractivity contribution is -0.132. The maximum Gasteiger partial charge on any atom is 0.242 e. The highest BCUT2D eigenvalue weighted by atomic mass is 35.5. The molecule has 2 amide bonds. The molecule has 1 aromatic rings. The van der Waals surface area contributed by atoms with Gasteiger partial charge in [-0.25, -0.2) is 4.98 Å². The van der Waals surface area contributed by atoms with Crippen LogP contribution in [0.2, 0.25) is 10.0 Å². The number of rotatable bonds is 4. The summed E-state index contributed by atoms with van der Waals surface area (Å²) < 4.78 is 0. The molecule has 2 heterocycles. The fraction of sp³-hybridized carbons (Fsp3) is 0.462. The van der Waals surface area contributed by atoms with Crippen molar-refractivity contribution in [1.82, 2.24) is 15.2 Å². The van der Waals surface area contributed by atoms with Gasteiger partial charge < -0.3 is 20.9 Å². The first-order valence-corrected chi connectivity index (χ1v) is 7.57. The van der Waals surface area contributed by atoms with E-state index in [2.05, 4.69) is 10.3 Å². The standard InChI is InChI=1S/C13H17Cl2N5O2/c14-9-5-10(15)13(18-7-9)20-3-1-19(2-4-20)12(22)8-17-11(21)6-16/h5,7H,1-4,6,8,16H2,(H,17,21). The summed E-state index contributed by atoms with van der Waals surface area (Å²) in [7, 11) is 0. The predicted octanol–water partition coefficient (Wildman–Crippen LogP) is 0.112. The van der Waals surface area contributed by atoms with Crippen LogP contribution in [0.3, 0.4) is 0 Å². The van der Waals surface area contributed by atoms with Gasteiger partial charge >= 0.3 is 0 Å². The van der Waals surface area contributed by atoms with E-state index in [1.165, 1.54) is 0 Å². The molecule has 2 rings (SSSR count). The molecule has 0 radical (unpaired) electrons. The number of amides is 2. The van der Waals surface area contributed by atoms with Gasteiger partial charge in [-0.15, -0.1) is 0 Å². The number of nitrogens with zero attached hydrogens (tertiary/aromatic N) is 3. The molecule has 9 heteroatoms. The van der Waals surface area contributed by atoms with Crippen molar-refractivity contribution in [3.05, 3.63) is 22.3 Å². The molecule has 1 saturated heterocycles. The van der Waals surface area contributed by atoms with Crippen LogP contribution in [0.4, 0.5) is 5.82 Å². The van der Waals surface area contributed by atoms with E-state index < -0.39 is 0 Å². The first-order chi connectivity index (χ1) is 10.5. The van der Waals surface area contributed by atoms with E-state index in [0.717, 1.165) is 0 Å². The Labute approximate surface area is 138 Å². The van der Waals surface area contributed by atoms with Crippen LogP contribution in [0.25, 0.3) is 0 Å². The lowest BCUT2D eigenvalue weighted by Gasteiger charge is -2.35. The Bertz CT molecular complexity index is 561. The van der Waals surface area contributed by atoms with Crippen LogP contribution in [0.1, 0.15) is 0 Å². The summed E-state index contributed by atoms with van der Waals surface area (Å²) in [4.78, 5) is 30.9.